The van der Waals surface area contributed by atoms with E-state index < -0.39 is 35.9 Å². The Morgan fingerprint density at radius 1 is 0.861 bits per heavy atom. The predicted molar refractivity (Wildman–Crippen MR) is 133 cm³/mol. The SMILES string of the molecule is O=C(Nc1ccc(/C=C/c2ccc(N=C=S)cc2S(=O)(=O)O)c(S(=O)(=O)O)c1)c1ccccc1.[H-].[H-].[Na+].[Na+]. The van der Waals surface area contributed by atoms with Crippen molar-refractivity contribution in [2.24, 2.45) is 4.99 Å². The summed E-state index contributed by atoms with van der Waals surface area (Å²) >= 11 is 4.48. The van der Waals surface area contributed by atoms with Gasteiger partial charge >= 0.3 is 59.1 Å². The number of hydrogen-bond donors (Lipinski definition) is 3. The van der Waals surface area contributed by atoms with Gasteiger partial charge in [-0.2, -0.15) is 21.8 Å². The maximum absolute atomic E-state index is 12.3. The van der Waals surface area contributed by atoms with E-state index in [0.29, 0.717) is 5.56 Å². The maximum Gasteiger partial charge on any atom is 1.00 e. The van der Waals surface area contributed by atoms with Crippen LogP contribution in [0, 0.1) is 0 Å². The number of nitrogens with one attached hydrogen (secondary N) is 1. The molecular weight excluding hydrogens is 546 g/mol. The van der Waals surface area contributed by atoms with Crippen molar-refractivity contribution in [1.29, 1.82) is 0 Å². The van der Waals surface area contributed by atoms with Gasteiger partial charge in [0.05, 0.1) is 10.8 Å². The van der Waals surface area contributed by atoms with Gasteiger partial charge in [-0.25, -0.2) is 0 Å². The number of rotatable bonds is 7. The van der Waals surface area contributed by atoms with Crippen molar-refractivity contribution in [3.8, 4) is 0 Å². The summed E-state index contributed by atoms with van der Waals surface area (Å²) in [7, 11) is -9.37. The van der Waals surface area contributed by atoms with Gasteiger partial charge < -0.3 is 8.17 Å². The minimum absolute atomic E-state index is 0. The Hall–Kier alpha value is -1.51. The molecule has 3 rings (SSSR count). The van der Waals surface area contributed by atoms with E-state index in [1.54, 1.807) is 30.3 Å². The van der Waals surface area contributed by atoms with Gasteiger partial charge in [0.1, 0.15) is 9.79 Å². The van der Waals surface area contributed by atoms with Gasteiger partial charge in [-0.3, -0.25) is 13.9 Å². The van der Waals surface area contributed by atoms with E-state index in [4.69, 9.17) is 0 Å². The molecule has 0 aliphatic carbocycles. The van der Waals surface area contributed by atoms with E-state index in [9.17, 15) is 30.7 Å². The number of amides is 1. The molecule has 0 radical (unpaired) electrons. The molecular formula is C22H18N2Na2O7S3. The summed E-state index contributed by atoms with van der Waals surface area (Å²) in [6.07, 6.45) is 2.47. The molecule has 0 unspecified atom stereocenters. The predicted octanol–water partition coefficient (Wildman–Crippen LogP) is -1.43. The first-order chi connectivity index (χ1) is 16.0. The Morgan fingerprint density at radius 3 is 1.92 bits per heavy atom. The second kappa shape index (κ2) is 13.9. The fourth-order valence-electron chi connectivity index (χ4n) is 2.95. The van der Waals surface area contributed by atoms with Crippen molar-refractivity contribution in [3.63, 3.8) is 0 Å². The van der Waals surface area contributed by atoms with Crippen LogP contribution in [0.2, 0.25) is 0 Å². The second-order valence-electron chi connectivity index (χ2n) is 6.78. The zero-order valence-electron chi connectivity index (χ0n) is 21.1. The fraction of sp³-hybridized carbons (Fsp3) is 0. The summed E-state index contributed by atoms with van der Waals surface area (Å²) in [6, 6.07) is 15.8. The Labute approximate surface area is 260 Å². The van der Waals surface area contributed by atoms with Gasteiger partial charge in [-0.1, -0.05) is 42.5 Å². The van der Waals surface area contributed by atoms with Gasteiger partial charge in [0.15, 0.2) is 0 Å². The molecule has 0 heterocycles. The summed E-state index contributed by atoms with van der Waals surface area (Å²) in [5.41, 5.74) is 0.617. The van der Waals surface area contributed by atoms with Crippen molar-refractivity contribution in [3.05, 3.63) is 83.4 Å². The molecule has 0 aliphatic heterocycles. The molecule has 1 amide bonds. The van der Waals surface area contributed by atoms with Crippen LogP contribution in [-0.4, -0.2) is 37.0 Å². The van der Waals surface area contributed by atoms with Gasteiger partial charge in [0.2, 0.25) is 0 Å². The molecule has 3 aromatic carbocycles. The van der Waals surface area contributed by atoms with Gasteiger partial charge in [-0.05, 0) is 59.7 Å². The van der Waals surface area contributed by atoms with Crippen molar-refractivity contribution >= 4 is 67.0 Å². The van der Waals surface area contributed by atoms with E-state index in [1.165, 1.54) is 36.4 Å². The number of carbonyl (C=O) groups is 1. The van der Waals surface area contributed by atoms with Gasteiger partial charge in [0, 0.05) is 11.3 Å². The first kappa shape index (κ1) is 32.5. The third-order valence-electron chi connectivity index (χ3n) is 4.48. The molecule has 0 saturated heterocycles. The molecule has 0 saturated carbocycles. The van der Waals surface area contributed by atoms with E-state index in [0.717, 1.165) is 12.1 Å². The quantitative estimate of drug-likeness (QED) is 0.104. The Kier molecular flexibility index (Phi) is 12.5. The molecule has 178 valence electrons. The number of anilines is 1. The van der Waals surface area contributed by atoms with Gasteiger partial charge in [0.25, 0.3) is 26.1 Å². The topological polar surface area (TPSA) is 150 Å². The first-order valence-corrected chi connectivity index (χ1v) is 12.6. The minimum Gasteiger partial charge on any atom is -1.00 e. The number of carbonyl (C=O) groups excluding carboxylic acids is 1. The normalized spacial score (nSPS) is 11.1. The number of benzene rings is 3. The fourth-order valence-corrected chi connectivity index (χ4v) is 4.47. The Balaban J connectivity index is 0. The monoisotopic (exact) mass is 564 g/mol. The molecule has 0 aromatic heterocycles. The van der Waals surface area contributed by atoms with Gasteiger partial charge in [-0.15, -0.1) is 0 Å². The molecule has 9 nitrogen and oxygen atoms in total. The molecule has 0 atom stereocenters. The van der Waals surface area contributed by atoms with Crippen molar-refractivity contribution in [2.45, 2.75) is 9.79 Å². The summed E-state index contributed by atoms with van der Waals surface area (Å²) in [5, 5.41) is 4.63. The van der Waals surface area contributed by atoms with Crippen LogP contribution in [0.4, 0.5) is 11.4 Å². The third kappa shape index (κ3) is 8.80. The molecule has 0 fully saturated rings. The average Bonchev–Trinajstić information content (AvgIpc) is 2.78. The molecule has 3 N–H and O–H groups in total. The summed E-state index contributed by atoms with van der Waals surface area (Å²) < 4.78 is 66.7. The molecule has 3 aromatic rings. The van der Waals surface area contributed by atoms with Crippen LogP contribution >= 0.6 is 12.2 Å². The van der Waals surface area contributed by atoms with Crippen LogP contribution in [0.15, 0.2) is 81.5 Å². The average molecular weight is 565 g/mol. The van der Waals surface area contributed by atoms with Crippen molar-refractivity contribution in [2.75, 3.05) is 5.32 Å². The van der Waals surface area contributed by atoms with Crippen LogP contribution in [0.1, 0.15) is 24.3 Å². The van der Waals surface area contributed by atoms with Crippen LogP contribution in [-0.2, 0) is 20.2 Å². The smallest absolute Gasteiger partial charge is 1.00 e. The van der Waals surface area contributed by atoms with E-state index in [-0.39, 0.29) is 84.5 Å². The second-order valence-corrected chi connectivity index (χ2v) is 9.74. The Bertz CT molecular complexity index is 1570. The molecule has 36 heavy (non-hydrogen) atoms. The van der Waals surface area contributed by atoms with Crippen LogP contribution in [0.5, 0.6) is 0 Å². The van der Waals surface area contributed by atoms with E-state index >= 15 is 0 Å². The number of nitrogens with zero attached hydrogens (tertiary/aromatic N) is 1. The molecule has 0 spiro atoms. The third-order valence-corrected chi connectivity index (χ3v) is 6.39. The van der Waals surface area contributed by atoms with Crippen molar-refractivity contribution < 1.29 is 92.7 Å². The number of thiocarbonyl (C=S) groups is 1. The molecule has 14 heteroatoms. The largest absolute Gasteiger partial charge is 1.00 e. The molecule has 0 bridgehead atoms. The zero-order chi connectivity index (χ0) is 24.9. The van der Waals surface area contributed by atoms with E-state index in [1.807, 2.05) is 0 Å². The number of isothiocyanates is 1. The maximum atomic E-state index is 12.3. The summed E-state index contributed by atoms with van der Waals surface area (Å²) in [5.74, 6) is -0.484. The zero-order valence-corrected chi connectivity index (χ0v) is 25.6. The standard InChI is InChI=1S/C22H16N2O7S3.2Na.2H/c25-22(17-4-2-1-3-5-17)24-19-11-9-16(21(13-19)34(29,30)31)7-6-15-8-10-18(23-14-32)12-20(15)33(26,27)28;;;;/h1-13H,(H,24,25)(H,26,27,28)(H,29,30,31);;;;/q;2*+1;2*-1/b7-6+;;;;. The van der Waals surface area contributed by atoms with E-state index in [2.05, 4.69) is 27.7 Å². The number of aliphatic imine (C=N–C) groups is 1. The van der Waals surface area contributed by atoms with Crippen LogP contribution < -0.4 is 64.4 Å². The minimum atomic E-state index is -4.72. The first-order valence-electron chi connectivity index (χ1n) is 9.34. The summed E-state index contributed by atoms with van der Waals surface area (Å²) in [6.45, 7) is 0. The Morgan fingerprint density at radius 2 is 1.39 bits per heavy atom. The van der Waals surface area contributed by atoms with Crippen LogP contribution in [0.3, 0.4) is 0 Å². The molecule has 0 aliphatic rings. The van der Waals surface area contributed by atoms with Crippen LogP contribution in [0.25, 0.3) is 12.2 Å². The number of hydrogen-bond acceptors (Lipinski definition) is 7. The van der Waals surface area contributed by atoms with Crippen molar-refractivity contribution in [1.82, 2.24) is 0 Å². The summed E-state index contributed by atoms with van der Waals surface area (Å²) in [4.78, 5) is 15.0.